The topological polar surface area (TPSA) is 38.7 Å². The first-order valence-corrected chi connectivity index (χ1v) is 10.2. The summed E-state index contributed by atoms with van der Waals surface area (Å²) >= 11 is 0. The molecule has 0 heterocycles. The van der Waals surface area contributed by atoms with E-state index in [1.165, 1.54) is 38.5 Å². The lowest BCUT2D eigenvalue weighted by atomic mass is 9.45. The molecule has 0 saturated heterocycles. The van der Waals surface area contributed by atoms with Gasteiger partial charge in [-0.05, 0) is 79.4 Å². The number of fused-ring (bicyclic) bond motifs is 5. The van der Waals surface area contributed by atoms with Crippen molar-refractivity contribution in [2.24, 2.45) is 34.5 Å². The summed E-state index contributed by atoms with van der Waals surface area (Å²) < 4.78 is 11.6. The molecule has 0 radical (unpaired) electrons. The van der Waals surface area contributed by atoms with E-state index >= 15 is 0 Å². The van der Waals surface area contributed by atoms with Crippen molar-refractivity contribution in [2.75, 3.05) is 14.2 Å². The quantitative estimate of drug-likeness (QED) is 0.761. The average Bonchev–Trinajstić information content (AvgIpc) is 2.90. The molecule has 0 aromatic rings. The number of aliphatic hydroxyl groups is 1. The van der Waals surface area contributed by atoms with Crippen molar-refractivity contribution in [2.45, 2.75) is 83.5 Å². The van der Waals surface area contributed by atoms with E-state index < -0.39 is 0 Å². The summed E-state index contributed by atoms with van der Waals surface area (Å²) in [6.07, 6.45) is 10.7. The highest BCUT2D eigenvalue weighted by atomic mass is 16.7. The van der Waals surface area contributed by atoms with Gasteiger partial charge >= 0.3 is 0 Å². The van der Waals surface area contributed by atoms with Crippen LogP contribution in [0.4, 0.5) is 0 Å². The van der Waals surface area contributed by atoms with Crippen LogP contribution in [0.5, 0.6) is 0 Å². The van der Waals surface area contributed by atoms with Crippen molar-refractivity contribution in [1.82, 2.24) is 0 Å². The molecule has 4 aliphatic rings. The van der Waals surface area contributed by atoms with Gasteiger partial charge in [0.05, 0.1) is 6.10 Å². The van der Waals surface area contributed by atoms with E-state index in [9.17, 15) is 5.11 Å². The van der Waals surface area contributed by atoms with Gasteiger partial charge in [-0.3, -0.25) is 0 Å². The number of rotatable bonds is 2. The Balaban J connectivity index is 1.59. The van der Waals surface area contributed by atoms with Gasteiger partial charge in [-0.2, -0.15) is 0 Å². The lowest BCUT2D eigenvalue weighted by Crippen LogP contribution is -2.56. The van der Waals surface area contributed by atoms with E-state index in [0.717, 1.165) is 42.9 Å². The number of methoxy groups -OCH3 is 2. The van der Waals surface area contributed by atoms with Crippen molar-refractivity contribution in [1.29, 1.82) is 0 Å². The maximum atomic E-state index is 10.6. The Kier molecular flexibility index (Phi) is 4.10. The molecule has 24 heavy (non-hydrogen) atoms. The van der Waals surface area contributed by atoms with Crippen LogP contribution >= 0.6 is 0 Å². The Morgan fingerprint density at radius 1 is 0.792 bits per heavy atom. The molecule has 0 spiro atoms. The fourth-order valence-corrected chi connectivity index (χ4v) is 7.62. The van der Waals surface area contributed by atoms with Crippen molar-refractivity contribution in [3.63, 3.8) is 0 Å². The molecule has 3 heteroatoms. The van der Waals surface area contributed by atoms with Crippen LogP contribution in [0.25, 0.3) is 0 Å². The first-order chi connectivity index (χ1) is 11.4. The molecule has 4 rings (SSSR count). The zero-order valence-electron chi connectivity index (χ0n) is 16.0. The Morgan fingerprint density at radius 2 is 1.50 bits per heavy atom. The highest BCUT2D eigenvalue weighted by molar-refractivity contribution is 5.10. The number of hydrogen-bond acceptors (Lipinski definition) is 3. The summed E-state index contributed by atoms with van der Waals surface area (Å²) in [5, 5.41) is 10.6. The van der Waals surface area contributed by atoms with Crippen LogP contribution in [0.2, 0.25) is 0 Å². The summed E-state index contributed by atoms with van der Waals surface area (Å²) in [6, 6.07) is 0. The lowest BCUT2D eigenvalue weighted by Gasteiger charge is -2.61. The fraction of sp³-hybridized carbons (Fsp3) is 1.00. The SMILES string of the molecule is COC1(OC)CC[C@@]2(C)[C@@H](CC[C@@H]3[C@H]4CC[C@H](O)[C@@]4(C)CC[C@@H]32)C1. The molecule has 138 valence electrons. The van der Waals surface area contributed by atoms with E-state index in [2.05, 4.69) is 13.8 Å². The van der Waals surface area contributed by atoms with E-state index in [1.807, 2.05) is 14.2 Å². The van der Waals surface area contributed by atoms with Crippen LogP contribution in [0.1, 0.15) is 71.6 Å². The van der Waals surface area contributed by atoms with Crippen LogP contribution in [-0.4, -0.2) is 31.2 Å². The Labute approximate surface area is 147 Å². The van der Waals surface area contributed by atoms with E-state index in [1.54, 1.807) is 0 Å². The molecular formula is C21H36O3. The smallest absolute Gasteiger partial charge is 0.167 e. The third kappa shape index (κ3) is 2.20. The molecule has 0 aromatic carbocycles. The Hall–Kier alpha value is -0.120. The second-order valence-corrected chi connectivity index (χ2v) is 9.82. The molecule has 4 saturated carbocycles. The van der Waals surface area contributed by atoms with Crippen LogP contribution < -0.4 is 0 Å². The first kappa shape index (κ1) is 17.3. The largest absolute Gasteiger partial charge is 0.393 e. The second kappa shape index (κ2) is 5.69. The summed E-state index contributed by atoms with van der Waals surface area (Å²) in [4.78, 5) is 0. The number of hydrogen-bond donors (Lipinski definition) is 1. The Bertz CT molecular complexity index is 487. The molecule has 4 aliphatic carbocycles. The molecule has 0 amide bonds. The van der Waals surface area contributed by atoms with E-state index in [4.69, 9.17) is 9.47 Å². The molecule has 3 nitrogen and oxygen atoms in total. The predicted molar refractivity (Wildman–Crippen MR) is 94.5 cm³/mol. The molecule has 0 bridgehead atoms. The monoisotopic (exact) mass is 336 g/mol. The normalized spacial score (nSPS) is 53.1. The maximum absolute atomic E-state index is 10.6. The summed E-state index contributed by atoms with van der Waals surface area (Å²) in [6.45, 7) is 4.94. The minimum absolute atomic E-state index is 0.0602. The Morgan fingerprint density at radius 3 is 2.21 bits per heavy atom. The number of ether oxygens (including phenoxy) is 2. The van der Waals surface area contributed by atoms with Crippen LogP contribution in [0.15, 0.2) is 0 Å². The first-order valence-electron chi connectivity index (χ1n) is 10.2. The third-order valence-electron chi connectivity index (χ3n) is 9.36. The molecule has 0 aliphatic heterocycles. The third-order valence-corrected chi connectivity index (χ3v) is 9.36. The minimum atomic E-state index is -0.344. The van der Waals surface area contributed by atoms with Gasteiger partial charge in [0.2, 0.25) is 0 Å². The highest BCUT2D eigenvalue weighted by Crippen LogP contribution is 2.67. The fourth-order valence-electron chi connectivity index (χ4n) is 7.62. The molecule has 7 atom stereocenters. The van der Waals surface area contributed by atoms with Gasteiger partial charge in [-0.1, -0.05) is 13.8 Å². The van der Waals surface area contributed by atoms with Gasteiger partial charge in [0.15, 0.2) is 5.79 Å². The van der Waals surface area contributed by atoms with Gasteiger partial charge in [0.1, 0.15) is 0 Å². The van der Waals surface area contributed by atoms with Gasteiger partial charge < -0.3 is 14.6 Å². The maximum Gasteiger partial charge on any atom is 0.167 e. The van der Waals surface area contributed by atoms with Crippen LogP contribution in [0.3, 0.4) is 0 Å². The van der Waals surface area contributed by atoms with Gasteiger partial charge in [-0.25, -0.2) is 0 Å². The molecule has 0 aromatic heterocycles. The molecule has 1 N–H and O–H groups in total. The minimum Gasteiger partial charge on any atom is -0.393 e. The summed E-state index contributed by atoms with van der Waals surface area (Å²) in [5.74, 6) is 2.80. The second-order valence-electron chi connectivity index (χ2n) is 9.82. The van der Waals surface area contributed by atoms with Crippen LogP contribution in [0, 0.1) is 34.5 Å². The van der Waals surface area contributed by atoms with Gasteiger partial charge in [0.25, 0.3) is 0 Å². The molecular weight excluding hydrogens is 300 g/mol. The molecule has 0 unspecified atom stereocenters. The van der Waals surface area contributed by atoms with E-state index in [0.29, 0.717) is 5.41 Å². The zero-order valence-corrected chi connectivity index (χ0v) is 16.0. The van der Waals surface area contributed by atoms with Gasteiger partial charge in [-0.15, -0.1) is 0 Å². The van der Waals surface area contributed by atoms with Crippen molar-refractivity contribution in [3.05, 3.63) is 0 Å². The average molecular weight is 337 g/mol. The predicted octanol–water partition coefficient (Wildman–Crippen LogP) is 4.38. The molecule has 4 fully saturated rings. The van der Waals surface area contributed by atoms with Crippen molar-refractivity contribution >= 4 is 0 Å². The van der Waals surface area contributed by atoms with Crippen molar-refractivity contribution < 1.29 is 14.6 Å². The highest BCUT2D eigenvalue weighted by Gasteiger charge is 2.61. The standard InChI is InChI=1S/C21H36O3/c1-19-11-12-21(23-3,24-4)13-14(19)5-6-15-16-7-8-18(22)20(16,2)10-9-17(15)19/h14-18,22H,5-13H2,1-4H3/t14-,15+,16+,17-,18-,19-,20-/m0/s1. The lowest BCUT2D eigenvalue weighted by molar-refractivity contribution is -0.261. The van der Waals surface area contributed by atoms with Crippen LogP contribution in [-0.2, 0) is 9.47 Å². The summed E-state index contributed by atoms with van der Waals surface area (Å²) in [7, 11) is 3.62. The summed E-state index contributed by atoms with van der Waals surface area (Å²) in [5.41, 5.74) is 0.639. The zero-order chi connectivity index (χ0) is 17.2. The van der Waals surface area contributed by atoms with Crippen molar-refractivity contribution in [3.8, 4) is 0 Å². The van der Waals surface area contributed by atoms with Gasteiger partial charge in [0, 0.05) is 27.1 Å². The number of aliphatic hydroxyl groups excluding tert-OH is 1. The van der Waals surface area contributed by atoms with E-state index in [-0.39, 0.29) is 17.3 Å².